The second-order valence-electron chi connectivity index (χ2n) is 4.64. The number of aliphatic hydroxyl groups is 1. The Bertz CT molecular complexity index is 727. The van der Waals surface area contributed by atoms with Crippen LogP contribution in [-0.4, -0.2) is 20.6 Å². The van der Waals surface area contributed by atoms with Gasteiger partial charge in [-0.1, -0.05) is 30.3 Å². The van der Waals surface area contributed by atoms with Gasteiger partial charge in [0.05, 0.1) is 18.6 Å². The highest BCUT2D eigenvalue weighted by Crippen LogP contribution is 2.30. The van der Waals surface area contributed by atoms with Crippen molar-refractivity contribution in [3.63, 3.8) is 0 Å². The van der Waals surface area contributed by atoms with Gasteiger partial charge in [-0.05, 0) is 23.3 Å². The minimum absolute atomic E-state index is 0.0187. The number of hydrogen-bond donors (Lipinski definition) is 2. The van der Waals surface area contributed by atoms with Crippen LogP contribution in [0.4, 0.5) is 0 Å². The van der Waals surface area contributed by atoms with E-state index in [0.717, 1.165) is 5.56 Å². The van der Waals surface area contributed by atoms with Crippen LogP contribution in [0.25, 0.3) is 0 Å². The Morgan fingerprint density at radius 2 is 1.81 bits per heavy atom. The lowest BCUT2D eigenvalue weighted by Gasteiger charge is -2.15. The van der Waals surface area contributed by atoms with Gasteiger partial charge in [0.15, 0.2) is 0 Å². The largest absolute Gasteiger partial charge is 0.496 e. The van der Waals surface area contributed by atoms with Crippen molar-refractivity contribution in [1.82, 2.24) is 0 Å². The van der Waals surface area contributed by atoms with E-state index >= 15 is 0 Å². The van der Waals surface area contributed by atoms with E-state index in [4.69, 9.17) is 9.88 Å². The molecular formula is C15H17NO4S. The van der Waals surface area contributed by atoms with Gasteiger partial charge in [0, 0.05) is 12.0 Å². The van der Waals surface area contributed by atoms with Gasteiger partial charge in [-0.25, -0.2) is 13.6 Å². The van der Waals surface area contributed by atoms with Crippen LogP contribution in [0.3, 0.4) is 0 Å². The molecule has 0 saturated heterocycles. The highest BCUT2D eigenvalue weighted by molar-refractivity contribution is 7.89. The van der Waals surface area contributed by atoms with Crippen LogP contribution in [0.5, 0.6) is 5.75 Å². The minimum atomic E-state index is -3.91. The van der Waals surface area contributed by atoms with Crippen molar-refractivity contribution in [2.24, 2.45) is 5.14 Å². The molecule has 0 amide bonds. The molecule has 0 bridgehead atoms. The van der Waals surface area contributed by atoms with Crippen LogP contribution in [0.2, 0.25) is 0 Å². The minimum Gasteiger partial charge on any atom is -0.496 e. The SMILES string of the molecule is COc1cc(CO)cc(S(N)(=O)=O)c1Cc1ccccc1. The van der Waals surface area contributed by atoms with Crippen LogP contribution < -0.4 is 9.88 Å². The fraction of sp³-hybridized carbons (Fsp3) is 0.200. The fourth-order valence-corrected chi connectivity index (χ4v) is 3.01. The molecule has 0 saturated carbocycles. The average molecular weight is 307 g/mol. The first-order valence-electron chi connectivity index (χ1n) is 6.33. The number of methoxy groups -OCH3 is 1. The van der Waals surface area contributed by atoms with Gasteiger partial charge < -0.3 is 9.84 Å². The summed E-state index contributed by atoms with van der Waals surface area (Å²) in [5, 5.41) is 14.5. The molecule has 0 unspecified atom stereocenters. The Balaban J connectivity index is 2.61. The maximum Gasteiger partial charge on any atom is 0.238 e. The van der Waals surface area contributed by atoms with Gasteiger partial charge in [-0.2, -0.15) is 0 Å². The molecule has 0 radical (unpaired) electrons. The molecule has 0 spiro atoms. The zero-order chi connectivity index (χ0) is 15.5. The smallest absolute Gasteiger partial charge is 0.238 e. The van der Waals surface area contributed by atoms with Gasteiger partial charge in [0.25, 0.3) is 0 Å². The molecule has 112 valence electrons. The van der Waals surface area contributed by atoms with E-state index in [0.29, 0.717) is 23.3 Å². The first-order chi connectivity index (χ1) is 9.95. The zero-order valence-electron chi connectivity index (χ0n) is 11.6. The number of hydrogen-bond acceptors (Lipinski definition) is 4. The number of ether oxygens (including phenoxy) is 1. The van der Waals surface area contributed by atoms with E-state index in [1.807, 2.05) is 30.3 Å². The van der Waals surface area contributed by atoms with Crippen LogP contribution in [0.15, 0.2) is 47.4 Å². The number of benzene rings is 2. The topological polar surface area (TPSA) is 89.6 Å². The number of nitrogens with two attached hydrogens (primary N) is 1. The van der Waals surface area contributed by atoms with Crippen molar-refractivity contribution in [2.45, 2.75) is 17.9 Å². The molecule has 2 rings (SSSR count). The molecule has 0 atom stereocenters. The molecule has 2 aromatic carbocycles. The predicted octanol–water partition coefficient (Wildman–Crippen LogP) is 1.43. The number of aliphatic hydroxyl groups excluding tert-OH is 1. The molecule has 0 aliphatic carbocycles. The summed E-state index contributed by atoms with van der Waals surface area (Å²) in [6.45, 7) is -0.287. The molecule has 2 aromatic rings. The predicted molar refractivity (Wildman–Crippen MR) is 79.5 cm³/mol. The quantitative estimate of drug-likeness (QED) is 0.874. The Kier molecular flexibility index (Phi) is 4.62. The van der Waals surface area contributed by atoms with E-state index in [2.05, 4.69) is 0 Å². The molecule has 21 heavy (non-hydrogen) atoms. The van der Waals surface area contributed by atoms with Gasteiger partial charge >= 0.3 is 0 Å². The Morgan fingerprint density at radius 3 is 2.33 bits per heavy atom. The summed E-state index contributed by atoms with van der Waals surface area (Å²) in [6.07, 6.45) is 0.376. The van der Waals surface area contributed by atoms with Crippen LogP contribution >= 0.6 is 0 Å². The molecule has 3 N–H and O–H groups in total. The normalized spacial score (nSPS) is 11.4. The molecule has 0 fully saturated rings. The summed E-state index contributed by atoms with van der Waals surface area (Å²) < 4.78 is 28.9. The summed E-state index contributed by atoms with van der Waals surface area (Å²) in [5.74, 6) is 0.398. The van der Waals surface area contributed by atoms with Crippen LogP contribution in [0.1, 0.15) is 16.7 Å². The zero-order valence-corrected chi connectivity index (χ0v) is 12.4. The lowest BCUT2D eigenvalue weighted by molar-refractivity contribution is 0.280. The van der Waals surface area contributed by atoms with E-state index in [-0.39, 0.29) is 11.5 Å². The maximum atomic E-state index is 11.8. The van der Waals surface area contributed by atoms with Gasteiger partial charge in [0.2, 0.25) is 10.0 Å². The molecule has 0 aliphatic rings. The Hall–Kier alpha value is -1.89. The van der Waals surface area contributed by atoms with Gasteiger partial charge in [0.1, 0.15) is 5.75 Å². The number of rotatable bonds is 5. The fourth-order valence-electron chi connectivity index (χ4n) is 2.18. The third-order valence-corrected chi connectivity index (χ3v) is 4.14. The van der Waals surface area contributed by atoms with Crippen LogP contribution in [-0.2, 0) is 23.1 Å². The monoisotopic (exact) mass is 307 g/mol. The molecule has 0 aromatic heterocycles. The summed E-state index contributed by atoms with van der Waals surface area (Å²) in [5.41, 5.74) is 1.87. The maximum absolute atomic E-state index is 11.8. The third kappa shape index (κ3) is 3.60. The first kappa shape index (κ1) is 15.5. The van der Waals surface area contributed by atoms with Crippen molar-refractivity contribution < 1.29 is 18.3 Å². The van der Waals surface area contributed by atoms with Crippen LogP contribution in [0, 0.1) is 0 Å². The summed E-state index contributed by atoms with van der Waals surface area (Å²) >= 11 is 0. The van der Waals surface area contributed by atoms with E-state index < -0.39 is 10.0 Å². The number of sulfonamides is 1. The summed E-state index contributed by atoms with van der Waals surface area (Å²) in [6, 6.07) is 12.4. The Morgan fingerprint density at radius 1 is 1.14 bits per heavy atom. The van der Waals surface area contributed by atoms with Crippen molar-refractivity contribution in [3.05, 3.63) is 59.2 Å². The summed E-state index contributed by atoms with van der Waals surface area (Å²) in [7, 11) is -2.45. The van der Waals surface area contributed by atoms with Gasteiger partial charge in [-0.3, -0.25) is 0 Å². The Labute approximate surface area is 124 Å². The lowest BCUT2D eigenvalue weighted by atomic mass is 10.0. The second-order valence-corrected chi connectivity index (χ2v) is 6.17. The molecule has 6 heteroatoms. The highest BCUT2D eigenvalue weighted by atomic mass is 32.2. The second kappa shape index (κ2) is 6.26. The molecular weight excluding hydrogens is 290 g/mol. The molecule has 0 heterocycles. The average Bonchev–Trinajstić information content (AvgIpc) is 2.47. The molecule has 5 nitrogen and oxygen atoms in total. The first-order valence-corrected chi connectivity index (χ1v) is 7.87. The number of primary sulfonamides is 1. The van der Waals surface area contributed by atoms with E-state index in [9.17, 15) is 13.5 Å². The summed E-state index contributed by atoms with van der Waals surface area (Å²) in [4.78, 5) is -0.0187. The standard InChI is InChI=1S/C15H17NO4S/c1-20-14-8-12(10-17)9-15(21(16,18)19)13(14)7-11-5-3-2-4-6-11/h2-6,8-9,17H,7,10H2,1H3,(H2,16,18,19). The highest BCUT2D eigenvalue weighted by Gasteiger charge is 2.20. The van der Waals surface area contributed by atoms with Crippen molar-refractivity contribution >= 4 is 10.0 Å². The van der Waals surface area contributed by atoms with Crippen molar-refractivity contribution in [2.75, 3.05) is 7.11 Å². The van der Waals surface area contributed by atoms with Gasteiger partial charge in [-0.15, -0.1) is 0 Å². The van der Waals surface area contributed by atoms with Crippen molar-refractivity contribution in [1.29, 1.82) is 0 Å². The van der Waals surface area contributed by atoms with Crippen molar-refractivity contribution in [3.8, 4) is 5.75 Å². The lowest BCUT2D eigenvalue weighted by Crippen LogP contribution is -2.16. The molecule has 0 aliphatic heterocycles. The third-order valence-electron chi connectivity index (χ3n) is 3.16. The van der Waals surface area contributed by atoms with E-state index in [1.54, 1.807) is 6.07 Å². The van der Waals surface area contributed by atoms with E-state index in [1.165, 1.54) is 13.2 Å².